The monoisotopic (exact) mass is 298 g/mol. The molecule has 1 heterocycles. The topological polar surface area (TPSA) is 55.6 Å². The van der Waals surface area contributed by atoms with E-state index in [9.17, 15) is 13.6 Å². The van der Waals surface area contributed by atoms with E-state index in [0.717, 1.165) is 12.8 Å². The first-order valence-electron chi connectivity index (χ1n) is 7.06. The first-order valence-corrected chi connectivity index (χ1v) is 7.06. The van der Waals surface area contributed by atoms with Gasteiger partial charge in [-0.15, -0.1) is 0 Å². The molecule has 1 saturated heterocycles. The van der Waals surface area contributed by atoms with E-state index in [4.69, 9.17) is 10.5 Å². The lowest BCUT2D eigenvalue weighted by molar-refractivity contribution is 0.0779. The minimum Gasteiger partial charge on any atom is -0.494 e. The summed E-state index contributed by atoms with van der Waals surface area (Å²) in [4.78, 5) is 13.8. The van der Waals surface area contributed by atoms with Gasteiger partial charge in [0, 0.05) is 19.1 Å². The maximum absolute atomic E-state index is 14.0. The zero-order valence-corrected chi connectivity index (χ0v) is 12.2. The van der Waals surface area contributed by atoms with Gasteiger partial charge in [0.05, 0.1) is 12.7 Å². The van der Waals surface area contributed by atoms with Gasteiger partial charge in [-0.25, -0.2) is 4.39 Å². The fourth-order valence-electron chi connectivity index (χ4n) is 2.76. The van der Waals surface area contributed by atoms with Crippen LogP contribution in [0.15, 0.2) is 12.1 Å². The van der Waals surface area contributed by atoms with E-state index >= 15 is 0 Å². The molecule has 0 unspecified atom stereocenters. The molecule has 6 heteroatoms. The third-order valence-corrected chi connectivity index (χ3v) is 3.94. The molecule has 1 aromatic rings. The smallest absolute Gasteiger partial charge is 0.257 e. The van der Waals surface area contributed by atoms with Crippen molar-refractivity contribution in [2.75, 3.05) is 20.2 Å². The van der Waals surface area contributed by atoms with Gasteiger partial charge in [0.1, 0.15) is 0 Å². The molecule has 116 valence electrons. The number of rotatable bonds is 4. The van der Waals surface area contributed by atoms with Crippen molar-refractivity contribution in [1.82, 2.24) is 4.90 Å². The second-order valence-corrected chi connectivity index (χ2v) is 5.37. The highest BCUT2D eigenvalue weighted by Crippen LogP contribution is 2.26. The van der Waals surface area contributed by atoms with Gasteiger partial charge in [0.25, 0.3) is 5.91 Å². The molecule has 0 bridgehead atoms. The Hall–Kier alpha value is -1.69. The average molecular weight is 298 g/mol. The number of ether oxygens (including phenoxy) is 1. The summed E-state index contributed by atoms with van der Waals surface area (Å²) in [5, 5.41) is 0. The van der Waals surface area contributed by atoms with E-state index in [1.165, 1.54) is 24.1 Å². The summed E-state index contributed by atoms with van der Waals surface area (Å²) in [6, 6.07) is 2.39. The van der Waals surface area contributed by atoms with E-state index in [2.05, 4.69) is 6.92 Å². The van der Waals surface area contributed by atoms with E-state index in [-0.39, 0.29) is 23.3 Å². The van der Waals surface area contributed by atoms with Crippen LogP contribution in [0.4, 0.5) is 8.78 Å². The van der Waals surface area contributed by atoms with Gasteiger partial charge in [0.2, 0.25) is 5.82 Å². The number of nitrogens with zero attached hydrogens (tertiary/aromatic N) is 1. The van der Waals surface area contributed by atoms with Gasteiger partial charge in [-0.05, 0) is 24.5 Å². The maximum Gasteiger partial charge on any atom is 0.257 e. The van der Waals surface area contributed by atoms with Crippen LogP contribution >= 0.6 is 0 Å². The molecule has 1 aliphatic rings. The number of benzene rings is 1. The molecule has 2 rings (SSSR count). The molecule has 0 aromatic heterocycles. The fraction of sp³-hybridized carbons (Fsp3) is 0.533. The number of carbonyl (C=O) groups is 1. The second-order valence-electron chi connectivity index (χ2n) is 5.37. The van der Waals surface area contributed by atoms with Gasteiger partial charge in [0.15, 0.2) is 11.6 Å². The lowest BCUT2D eigenvalue weighted by Gasteiger charge is -2.17. The Kier molecular flexibility index (Phi) is 4.77. The Morgan fingerprint density at radius 2 is 2.10 bits per heavy atom. The molecule has 1 aromatic carbocycles. The van der Waals surface area contributed by atoms with Crippen LogP contribution in [0.2, 0.25) is 0 Å². The van der Waals surface area contributed by atoms with Crippen LogP contribution in [0.1, 0.15) is 30.1 Å². The highest BCUT2D eigenvalue weighted by Gasteiger charge is 2.34. The number of carbonyl (C=O) groups excluding carboxylic acids is 1. The highest BCUT2D eigenvalue weighted by molar-refractivity contribution is 5.95. The minimum atomic E-state index is -1.17. The van der Waals surface area contributed by atoms with Gasteiger partial charge in [-0.2, -0.15) is 4.39 Å². The Morgan fingerprint density at radius 3 is 2.71 bits per heavy atom. The van der Waals surface area contributed by atoms with E-state index in [1.807, 2.05) is 0 Å². The van der Waals surface area contributed by atoms with Crippen molar-refractivity contribution in [2.45, 2.75) is 25.8 Å². The van der Waals surface area contributed by atoms with Crippen molar-refractivity contribution in [3.8, 4) is 5.75 Å². The van der Waals surface area contributed by atoms with Crippen molar-refractivity contribution in [1.29, 1.82) is 0 Å². The fourth-order valence-corrected chi connectivity index (χ4v) is 2.76. The highest BCUT2D eigenvalue weighted by atomic mass is 19.2. The second kappa shape index (κ2) is 6.39. The summed E-state index contributed by atoms with van der Waals surface area (Å²) < 4.78 is 32.3. The molecular formula is C15H20F2N2O2. The zero-order chi connectivity index (χ0) is 15.6. The van der Waals surface area contributed by atoms with Crippen molar-refractivity contribution in [3.05, 3.63) is 29.3 Å². The SMILES string of the molecule is CCC[C@H]1CN(C(=O)c2ccc(OC)c(F)c2F)C[C@@H]1N. The number of methoxy groups -OCH3 is 1. The Bertz CT molecular complexity index is 537. The molecule has 1 amide bonds. The molecular weight excluding hydrogens is 278 g/mol. The van der Waals surface area contributed by atoms with Crippen molar-refractivity contribution in [2.24, 2.45) is 11.7 Å². The lowest BCUT2D eigenvalue weighted by Crippen LogP contribution is -2.32. The lowest BCUT2D eigenvalue weighted by atomic mass is 9.99. The van der Waals surface area contributed by atoms with Crippen molar-refractivity contribution < 1.29 is 18.3 Å². The number of amides is 1. The van der Waals surface area contributed by atoms with E-state index < -0.39 is 17.5 Å². The van der Waals surface area contributed by atoms with Crippen LogP contribution < -0.4 is 10.5 Å². The summed E-state index contributed by atoms with van der Waals surface area (Å²) in [6.07, 6.45) is 1.90. The number of likely N-dealkylation sites (tertiary alicyclic amines) is 1. The van der Waals surface area contributed by atoms with Crippen LogP contribution in [0.25, 0.3) is 0 Å². The van der Waals surface area contributed by atoms with Crippen molar-refractivity contribution >= 4 is 5.91 Å². The summed E-state index contributed by atoms with van der Waals surface area (Å²) in [5.41, 5.74) is 5.72. The van der Waals surface area contributed by atoms with Crippen LogP contribution in [-0.4, -0.2) is 37.0 Å². The predicted octanol–water partition coefficient (Wildman–Crippen LogP) is 2.17. The predicted molar refractivity (Wildman–Crippen MR) is 75.2 cm³/mol. The summed E-state index contributed by atoms with van der Waals surface area (Å²) in [7, 11) is 1.24. The third kappa shape index (κ3) is 3.00. The Morgan fingerprint density at radius 1 is 1.38 bits per heavy atom. The Balaban J connectivity index is 2.20. The first kappa shape index (κ1) is 15.7. The molecule has 21 heavy (non-hydrogen) atoms. The molecule has 0 aliphatic carbocycles. The normalized spacial score (nSPS) is 21.7. The molecule has 2 atom stereocenters. The van der Waals surface area contributed by atoms with E-state index in [1.54, 1.807) is 0 Å². The molecule has 1 aliphatic heterocycles. The van der Waals surface area contributed by atoms with Crippen molar-refractivity contribution in [3.63, 3.8) is 0 Å². The summed E-state index contributed by atoms with van der Waals surface area (Å²) in [5.74, 6) is -2.84. The Labute approximate surface area is 122 Å². The molecule has 4 nitrogen and oxygen atoms in total. The average Bonchev–Trinajstić information content (AvgIpc) is 2.83. The maximum atomic E-state index is 14.0. The number of hydrogen-bond donors (Lipinski definition) is 1. The first-order chi connectivity index (χ1) is 9.99. The van der Waals surface area contributed by atoms with Crippen LogP contribution in [0.3, 0.4) is 0 Å². The molecule has 2 N–H and O–H groups in total. The standard InChI is InChI=1S/C15H20F2N2O2/c1-3-4-9-7-19(8-11(9)18)15(20)10-5-6-12(21-2)14(17)13(10)16/h5-6,9,11H,3-4,7-8,18H2,1-2H3/t9-,11-/m0/s1. The number of hydrogen-bond acceptors (Lipinski definition) is 3. The van der Waals surface area contributed by atoms with Gasteiger partial charge in [-0.1, -0.05) is 13.3 Å². The summed E-state index contributed by atoms with van der Waals surface area (Å²) >= 11 is 0. The quantitative estimate of drug-likeness (QED) is 0.927. The molecule has 0 radical (unpaired) electrons. The van der Waals surface area contributed by atoms with Crippen LogP contribution in [-0.2, 0) is 0 Å². The zero-order valence-electron chi connectivity index (χ0n) is 12.2. The van der Waals surface area contributed by atoms with Gasteiger partial charge in [-0.3, -0.25) is 4.79 Å². The minimum absolute atomic E-state index is 0.111. The van der Waals surface area contributed by atoms with Crippen LogP contribution in [0.5, 0.6) is 5.75 Å². The van der Waals surface area contributed by atoms with Gasteiger partial charge < -0.3 is 15.4 Å². The molecule has 1 fully saturated rings. The van der Waals surface area contributed by atoms with Crippen LogP contribution in [0, 0.1) is 17.6 Å². The molecule has 0 saturated carbocycles. The summed E-state index contributed by atoms with van der Waals surface area (Å²) in [6.45, 7) is 2.91. The number of nitrogens with two attached hydrogens (primary N) is 1. The third-order valence-electron chi connectivity index (χ3n) is 3.94. The number of halogens is 2. The largest absolute Gasteiger partial charge is 0.494 e. The molecule has 0 spiro atoms. The van der Waals surface area contributed by atoms with Gasteiger partial charge >= 0.3 is 0 Å². The van der Waals surface area contributed by atoms with E-state index in [0.29, 0.717) is 13.1 Å².